The molecule has 0 bridgehead atoms. The van der Waals surface area contributed by atoms with Crippen LogP contribution in [0.25, 0.3) is 23.1 Å². The molecule has 2 N–H and O–H groups in total. The summed E-state index contributed by atoms with van der Waals surface area (Å²) in [5.74, 6) is -0.716. The van der Waals surface area contributed by atoms with Crippen molar-refractivity contribution in [2.75, 3.05) is 13.2 Å². The third-order valence-corrected chi connectivity index (χ3v) is 6.77. The van der Waals surface area contributed by atoms with Crippen LogP contribution in [0.4, 0.5) is 4.39 Å². The Balaban J connectivity index is 1.34. The fraction of sp³-hybridized carbons (Fsp3) is 0.273. The highest BCUT2D eigenvalue weighted by Gasteiger charge is 2.14. The zero-order valence-electron chi connectivity index (χ0n) is 23.0. The average Bonchev–Trinajstić information content (AvgIpc) is 3.29. The molecule has 0 saturated carbocycles. The Morgan fingerprint density at radius 3 is 2.34 bits per heavy atom. The number of aromatic nitrogens is 1. The summed E-state index contributed by atoms with van der Waals surface area (Å²) < 4.78 is 27.1. The molecule has 1 aromatic heterocycles. The van der Waals surface area contributed by atoms with E-state index >= 15 is 0 Å². The summed E-state index contributed by atoms with van der Waals surface area (Å²) in [6, 6.07) is 18.3. The first-order chi connectivity index (χ1) is 19.8. The zero-order chi connectivity index (χ0) is 29.2. The number of nitrogens with zero attached hydrogens (tertiary/aromatic N) is 1. The van der Waals surface area contributed by atoms with E-state index in [-0.39, 0.29) is 18.7 Å². The molecule has 0 aliphatic heterocycles. The van der Waals surface area contributed by atoms with Crippen molar-refractivity contribution in [1.82, 2.24) is 4.57 Å². The van der Waals surface area contributed by atoms with Gasteiger partial charge in [0.15, 0.2) is 0 Å². The van der Waals surface area contributed by atoms with E-state index in [0.717, 1.165) is 40.6 Å². The van der Waals surface area contributed by atoms with Crippen LogP contribution >= 0.6 is 0 Å². The smallest absolute Gasteiger partial charge is 0.307 e. The van der Waals surface area contributed by atoms with Crippen molar-refractivity contribution in [2.24, 2.45) is 0 Å². The highest BCUT2D eigenvalue weighted by Crippen LogP contribution is 2.28. The van der Waals surface area contributed by atoms with Crippen LogP contribution in [0.2, 0.25) is 0 Å². The summed E-state index contributed by atoms with van der Waals surface area (Å²) in [5, 5.41) is 19.3. The van der Waals surface area contributed by atoms with E-state index < -0.39 is 11.9 Å². The number of benzene rings is 3. The molecule has 0 spiro atoms. The maximum absolute atomic E-state index is 13.6. The molecule has 4 rings (SSSR count). The maximum Gasteiger partial charge on any atom is 0.307 e. The molecule has 0 aliphatic rings. The molecule has 0 aliphatic carbocycles. The fourth-order valence-electron chi connectivity index (χ4n) is 4.67. The van der Waals surface area contributed by atoms with Gasteiger partial charge in [-0.2, -0.15) is 0 Å². The highest BCUT2D eigenvalue weighted by atomic mass is 19.1. The van der Waals surface area contributed by atoms with Gasteiger partial charge in [0.1, 0.15) is 17.3 Å². The first-order valence-electron chi connectivity index (χ1n) is 13.6. The minimum atomic E-state index is -0.918. The van der Waals surface area contributed by atoms with Gasteiger partial charge in [-0.15, -0.1) is 0 Å². The van der Waals surface area contributed by atoms with Gasteiger partial charge < -0.3 is 24.3 Å². The van der Waals surface area contributed by atoms with Crippen molar-refractivity contribution in [2.45, 2.75) is 45.6 Å². The van der Waals surface area contributed by atoms with Crippen molar-refractivity contribution in [3.05, 3.63) is 94.9 Å². The van der Waals surface area contributed by atoms with Gasteiger partial charge >= 0.3 is 11.9 Å². The molecule has 41 heavy (non-hydrogen) atoms. The summed E-state index contributed by atoms with van der Waals surface area (Å²) in [4.78, 5) is 22.5. The van der Waals surface area contributed by atoms with Crippen LogP contribution in [0.5, 0.6) is 11.5 Å². The Morgan fingerprint density at radius 1 is 0.878 bits per heavy atom. The Kier molecular flexibility index (Phi) is 10.2. The van der Waals surface area contributed by atoms with Crippen molar-refractivity contribution < 1.29 is 33.7 Å². The van der Waals surface area contributed by atoms with E-state index in [1.807, 2.05) is 65.4 Å². The van der Waals surface area contributed by atoms with Gasteiger partial charge in [-0.25, -0.2) is 4.39 Å². The van der Waals surface area contributed by atoms with E-state index in [9.17, 15) is 19.1 Å². The molecule has 0 amide bonds. The second kappa shape index (κ2) is 14.2. The summed E-state index contributed by atoms with van der Waals surface area (Å²) >= 11 is 0. The van der Waals surface area contributed by atoms with Crippen LogP contribution < -0.4 is 9.47 Å². The van der Waals surface area contributed by atoms with Gasteiger partial charge in [0, 0.05) is 35.6 Å². The number of ether oxygens (including phenoxy) is 2. The molecule has 0 radical (unpaired) electrons. The SMILES string of the molecule is Cc1c(F)cccc1OCCCCOc1ccc(C=Cc2cccc3c2c(CC(=O)O)cn3CCCC(=O)O)cc1. The summed E-state index contributed by atoms with van der Waals surface area (Å²) in [6.45, 7) is 3.23. The van der Waals surface area contributed by atoms with E-state index in [4.69, 9.17) is 14.6 Å². The molecule has 0 saturated heterocycles. The van der Waals surface area contributed by atoms with E-state index in [1.54, 1.807) is 19.1 Å². The van der Waals surface area contributed by atoms with Crippen LogP contribution in [0.1, 0.15) is 47.9 Å². The first-order valence-corrected chi connectivity index (χ1v) is 13.6. The van der Waals surface area contributed by atoms with Crippen molar-refractivity contribution in [1.29, 1.82) is 0 Å². The number of hydrogen-bond donors (Lipinski definition) is 2. The average molecular weight is 560 g/mol. The third kappa shape index (κ3) is 8.20. The second-order valence-electron chi connectivity index (χ2n) is 9.83. The van der Waals surface area contributed by atoms with E-state index in [2.05, 4.69) is 0 Å². The molecule has 0 atom stereocenters. The van der Waals surface area contributed by atoms with Gasteiger partial charge in [0.25, 0.3) is 0 Å². The zero-order valence-corrected chi connectivity index (χ0v) is 23.0. The number of carboxylic acids is 2. The molecule has 0 fully saturated rings. The van der Waals surface area contributed by atoms with E-state index in [0.29, 0.717) is 43.1 Å². The van der Waals surface area contributed by atoms with Crippen LogP contribution in [0, 0.1) is 12.7 Å². The lowest BCUT2D eigenvalue weighted by atomic mass is 10.0. The standard InChI is InChI=1S/C33H34FNO6/c1-23-28(34)8-5-10-30(23)41-20-3-2-19-40-27-16-13-24(14-17-27)12-15-25-7-4-9-29-33(25)26(21-32(38)39)22-35(29)18-6-11-31(36)37/h4-5,7-10,12-17,22H,2-3,6,11,18-21H2,1H3,(H,36,37)(H,38,39). The molecule has 3 aromatic carbocycles. The maximum atomic E-state index is 13.6. The first kappa shape index (κ1) is 29.4. The normalized spacial score (nSPS) is 11.3. The molecule has 8 heteroatoms. The molecule has 7 nitrogen and oxygen atoms in total. The quantitative estimate of drug-likeness (QED) is 0.120. The summed E-state index contributed by atoms with van der Waals surface area (Å²) in [5.41, 5.74) is 3.96. The molecule has 1 heterocycles. The monoisotopic (exact) mass is 559 g/mol. The lowest BCUT2D eigenvalue weighted by Crippen LogP contribution is -2.03. The number of carboxylic acid groups (broad SMARTS) is 2. The minimum Gasteiger partial charge on any atom is -0.494 e. The van der Waals surface area contributed by atoms with Crippen LogP contribution in [0.3, 0.4) is 0 Å². The second-order valence-corrected chi connectivity index (χ2v) is 9.83. The summed E-state index contributed by atoms with van der Waals surface area (Å²) in [7, 11) is 0. The summed E-state index contributed by atoms with van der Waals surface area (Å²) in [6.07, 6.45) is 7.74. The predicted octanol–water partition coefficient (Wildman–Crippen LogP) is 6.99. The number of fused-ring (bicyclic) bond motifs is 1. The number of hydrogen-bond acceptors (Lipinski definition) is 4. The van der Waals surface area contributed by atoms with Crippen molar-refractivity contribution in [3.8, 4) is 11.5 Å². The van der Waals surface area contributed by atoms with Crippen molar-refractivity contribution in [3.63, 3.8) is 0 Å². The molecule has 4 aromatic rings. The number of aliphatic carboxylic acids is 2. The number of carbonyl (C=O) groups is 2. The van der Waals surface area contributed by atoms with Gasteiger partial charge in [-0.1, -0.05) is 42.5 Å². The van der Waals surface area contributed by atoms with Crippen LogP contribution in [0.15, 0.2) is 66.9 Å². The Morgan fingerprint density at radius 2 is 1.61 bits per heavy atom. The highest BCUT2D eigenvalue weighted by molar-refractivity contribution is 5.96. The largest absolute Gasteiger partial charge is 0.494 e. The third-order valence-electron chi connectivity index (χ3n) is 6.77. The molecular weight excluding hydrogens is 525 g/mol. The molecular formula is C33H34FNO6. The Bertz CT molecular complexity index is 1520. The van der Waals surface area contributed by atoms with Crippen LogP contribution in [-0.2, 0) is 22.6 Å². The number of unbranched alkanes of at least 4 members (excludes halogenated alkanes) is 1. The van der Waals surface area contributed by atoms with Gasteiger partial charge in [-0.05, 0) is 73.2 Å². The van der Waals surface area contributed by atoms with Crippen LogP contribution in [-0.4, -0.2) is 39.9 Å². The lowest BCUT2D eigenvalue weighted by Gasteiger charge is -2.10. The molecule has 214 valence electrons. The Labute approximate surface area is 238 Å². The number of halogens is 1. The topological polar surface area (TPSA) is 98.0 Å². The van der Waals surface area contributed by atoms with Crippen molar-refractivity contribution >= 4 is 35.0 Å². The number of rotatable bonds is 15. The predicted molar refractivity (Wildman–Crippen MR) is 157 cm³/mol. The number of aryl methyl sites for hydroxylation is 1. The molecule has 0 unspecified atom stereocenters. The van der Waals surface area contributed by atoms with Gasteiger partial charge in [0.05, 0.1) is 19.6 Å². The Hall–Kier alpha value is -4.59. The van der Waals surface area contributed by atoms with Gasteiger partial charge in [0.2, 0.25) is 0 Å². The van der Waals surface area contributed by atoms with Gasteiger partial charge in [-0.3, -0.25) is 9.59 Å². The minimum absolute atomic E-state index is 0.0535. The lowest BCUT2D eigenvalue weighted by molar-refractivity contribution is -0.137. The van der Waals surface area contributed by atoms with E-state index in [1.165, 1.54) is 6.07 Å². The fourth-order valence-corrected chi connectivity index (χ4v) is 4.67.